The molecule has 0 aromatic heterocycles. The lowest BCUT2D eigenvalue weighted by molar-refractivity contribution is 0.476. The molecule has 0 unspecified atom stereocenters. The molecule has 0 radical (unpaired) electrons. The minimum absolute atomic E-state index is 0.315. The van der Waals surface area contributed by atoms with E-state index in [1.165, 1.54) is 37.7 Å². The van der Waals surface area contributed by atoms with E-state index in [4.69, 9.17) is 0 Å². The molecule has 5 rings (SSSR count). The molecule has 0 aliphatic heterocycles. The van der Waals surface area contributed by atoms with E-state index in [1.807, 2.05) is 12.1 Å². The van der Waals surface area contributed by atoms with Gasteiger partial charge in [-0.3, -0.25) is 0 Å². The molecule has 21 heavy (non-hydrogen) atoms. The van der Waals surface area contributed by atoms with E-state index >= 15 is 0 Å². The minimum atomic E-state index is 0.315. The van der Waals surface area contributed by atoms with Gasteiger partial charge in [0.25, 0.3) is 0 Å². The summed E-state index contributed by atoms with van der Waals surface area (Å²) in [5.74, 6) is 0.315. The van der Waals surface area contributed by atoms with Crippen molar-refractivity contribution in [2.45, 2.75) is 0 Å². The molecule has 0 saturated heterocycles. The van der Waals surface area contributed by atoms with Crippen molar-refractivity contribution in [3.63, 3.8) is 0 Å². The van der Waals surface area contributed by atoms with Crippen molar-refractivity contribution >= 4 is 43.1 Å². The van der Waals surface area contributed by atoms with Crippen LogP contribution in [0.4, 0.5) is 0 Å². The Hall–Kier alpha value is -2.80. The molecule has 0 aliphatic carbocycles. The van der Waals surface area contributed by atoms with Gasteiger partial charge in [0.2, 0.25) is 0 Å². The highest BCUT2D eigenvalue weighted by atomic mass is 16.3. The summed E-state index contributed by atoms with van der Waals surface area (Å²) < 4.78 is 0. The van der Waals surface area contributed by atoms with Crippen LogP contribution in [-0.4, -0.2) is 5.11 Å². The highest BCUT2D eigenvalue weighted by molar-refractivity contribution is 6.28. The first-order chi connectivity index (χ1) is 10.3. The van der Waals surface area contributed by atoms with Gasteiger partial charge in [0.05, 0.1) is 0 Å². The van der Waals surface area contributed by atoms with Gasteiger partial charge in [0.15, 0.2) is 0 Å². The number of phenolic OH excluding ortho intramolecular Hbond substituents is 1. The van der Waals surface area contributed by atoms with E-state index in [2.05, 4.69) is 48.5 Å². The largest absolute Gasteiger partial charge is 0.508 e. The number of hydrogen-bond donors (Lipinski definition) is 1. The van der Waals surface area contributed by atoms with Crippen molar-refractivity contribution in [1.29, 1.82) is 0 Å². The van der Waals surface area contributed by atoms with E-state index in [1.54, 1.807) is 6.07 Å². The molecule has 0 atom stereocenters. The van der Waals surface area contributed by atoms with E-state index in [0.29, 0.717) is 5.75 Å². The van der Waals surface area contributed by atoms with Gasteiger partial charge in [0.1, 0.15) is 5.75 Å². The third-order valence-electron chi connectivity index (χ3n) is 4.45. The van der Waals surface area contributed by atoms with Gasteiger partial charge < -0.3 is 5.11 Å². The van der Waals surface area contributed by atoms with Crippen LogP contribution in [0.25, 0.3) is 43.1 Å². The predicted octanol–water partition coefficient (Wildman–Crippen LogP) is 5.44. The second kappa shape index (κ2) is 3.64. The van der Waals surface area contributed by atoms with E-state index in [0.717, 1.165) is 5.39 Å². The number of aromatic hydroxyl groups is 1. The van der Waals surface area contributed by atoms with Crippen LogP contribution in [0.1, 0.15) is 0 Å². The molecule has 0 fully saturated rings. The fourth-order valence-electron chi connectivity index (χ4n) is 3.54. The Bertz CT molecular complexity index is 1120. The normalized spacial score (nSPS) is 12.0. The van der Waals surface area contributed by atoms with Gasteiger partial charge in [-0.1, -0.05) is 48.5 Å². The van der Waals surface area contributed by atoms with Crippen LogP contribution >= 0.6 is 0 Å². The minimum Gasteiger partial charge on any atom is -0.508 e. The molecule has 1 nitrogen and oxygen atoms in total. The summed E-state index contributed by atoms with van der Waals surface area (Å²) in [4.78, 5) is 0. The Labute approximate surface area is 121 Å². The molecule has 5 aromatic rings. The van der Waals surface area contributed by atoms with Crippen LogP contribution in [0.5, 0.6) is 5.75 Å². The molecule has 0 aliphatic rings. The smallest absolute Gasteiger partial charge is 0.116 e. The predicted molar refractivity (Wildman–Crippen MR) is 89.3 cm³/mol. The van der Waals surface area contributed by atoms with E-state index in [9.17, 15) is 5.11 Å². The Balaban J connectivity index is 2.18. The van der Waals surface area contributed by atoms with Gasteiger partial charge in [-0.25, -0.2) is 0 Å². The lowest BCUT2D eigenvalue weighted by Crippen LogP contribution is -1.85. The molecule has 0 bridgehead atoms. The zero-order chi connectivity index (χ0) is 14.0. The molecule has 1 heteroatoms. The van der Waals surface area contributed by atoms with Gasteiger partial charge in [0, 0.05) is 0 Å². The topological polar surface area (TPSA) is 20.2 Å². The molecule has 0 saturated carbocycles. The fraction of sp³-hybridized carbons (Fsp3) is 0. The van der Waals surface area contributed by atoms with Crippen LogP contribution in [-0.2, 0) is 0 Å². The summed E-state index contributed by atoms with van der Waals surface area (Å²) in [6.07, 6.45) is 0. The Morgan fingerprint density at radius 2 is 1.24 bits per heavy atom. The fourth-order valence-corrected chi connectivity index (χ4v) is 3.54. The highest BCUT2D eigenvalue weighted by Crippen LogP contribution is 2.38. The average Bonchev–Trinajstić information content (AvgIpc) is 2.51. The third-order valence-corrected chi connectivity index (χ3v) is 4.45. The highest BCUT2D eigenvalue weighted by Gasteiger charge is 2.10. The van der Waals surface area contributed by atoms with Crippen molar-refractivity contribution in [2.24, 2.45) is 0 Å². The zero-order valence-electron chi connectivity index (χ0n) is 11.3. The van der Waals surface area contributed by atoms with Crippen molar-refractivity contribution in [3.8, 4) is 5.75 Å². The van der Waals surface area contributed by atoms with Gasteiger partial charge in [-0.2, -0.15) is 0 Å². The molecular weight excluding hydrogens is 258 g/mol. The quantitative estimate of drug-likeness (QED) is 0.293. The summed E-state index contributed by atoms with van der Waals surface area (Å²) >= 11 is 0. The first kappa shape index (κ1) is 10.9. The number of phenols is 1. The van der Waals surface area contributed by atoms with Crippen LogP contribution in [0, 0.1) is 0 Å². The van der Waals surface area contributed by atoms with Gasteiger partial charge in [-0.15, -0.1) is 0 Å². The Morgan fingerprint density at radius 3 is 2.10 bits per heavy atom. The summed E-state index contributed by atoms with van der Waals surface area (Å²) in [5, 5.41) is 19.7. The standard InChI is InChI=1S/C20H12O/c21-16-7-9-17-15(11-16)10-14-5-4-12-2-1-3-13-6-8-18(17)20(14)19(12)13/h1-11,21H/i5+1,8+1. The van der Waals surface area contributed by atoms with Crippen molar-refractivity contribution < 1.29 is 5.11 Å². The van der Waals surface area contributed by atoms with Gasteiger partial charge >= 0.3 is 0 Å². The lowest BCUT2D eigenvalue weighted by Gasteiger charge is -2.13. The molecule has 5 aromatic carbocycles. The van der Waals surface area contributed by atoms with E-state index < -0.39 is 0 Å². The second-order valence-electron chi connectivity index (χ2n) is 5.64. The molecular formula is C20H12O. The van der Waals surface area contributed by atoms with Crippen LogP contribution in [0.3, 0.4) is 0 Å². The Kier molecular flexibility index (Phi) is 1.90. The SMILES string of the molecule is Oc1ccc2c(c1)cc1[13cH]cc3cccc4c[13cH]c2c1c34. The molecule has 0 heterocycles. The average molecular weight is 270 g/mol. The van der Waals surface area contributed by atoms with Crippen molar-refractivity contribution in [1.82, 2.24) is 0 Å². The number of benzene rings is 5. The van der Waals surface area contributed by atoms with Crippen LogP contribution in [0.2, 0.25) is 0 Å². The summed E-state index contributed by atoms with van der Waals surface area (Å²) in [6.45, 7) is 0. The monoisotopic (exact) mass is 270 g/mol. The maximum Gasteiger partial charge on any atom is 0.116 e. The second-order valence-corrected chi connectivity index (χ2v) is 5.64. The maximum atomic E-state index is 9.73. The van der Waals surface area contributed by atoms with Crippen LogP contribution < -0.4 is 0 Å². The first-order valence-electron chi connectivity index (χ1n) is 7.10. The number of rotatable bonds is 0. The first-order valence-corrected chi connectivity index (χ1v) is 7.10. The third kappa shape index (κ3) is 1.35. The lowest BCUT2D eigenvalue weighted by atomic mass is 9.95. The zero-order valence-corrected chi connectivity index (χ0v) is 11.3. The summed E-state index contributed by atoms with van der Waals surface area (Å²) in [6, 6.07) is 23.0. The molecule has 0 amide bonds. The number of hydrogen-bond acceptors (Lipinski definition) is 1. The van der Waals surface area contributed by atoms with Crippen LogP contribution in [0.15, 0.2) is 66.7 Å². The molecule has 0 spiro atoms. The maximum absolute atomic E-state index is 9.73. The summed E-state index contributed by atoms with van der Waals surface area (Å²) in [7, 11) is 0. The molecule has 98 valence electrons. The molecule has 1 N–H and O–H groups in total. The van der Waals surface area contributed by atoms with Crippen molar-refractivity contribution in [2.75, 3.05) is 0 Å². The number of fused-ring (bicyclic) bond motifs is 2. The Morgan fingerprint density at radius 1 is 0.524 bits per heavy atom. The van der Waals surface area contributed by atoms with E-state index in [-0.39, 0.29) is 0 Å². The van der Waals surface area contributed by atoms with Crippen molar-refractivity contribution in [3.05, 3.63) is 66.7 Å². The summed E-state index contributed by atoms with van der Waals surface area (Å²) in [5.41, 5.74) is 0. The van der Waals surface area contributed by atoms with Gasteiger partial charge in [-0.05, 0) is 61.3 Å².